The molecule has 4 rings (SSSR count). The van der Waals surface area contributed by atoms with Crippen LogP contribution in [0.4, 0.5) is 4.39 Å². The van der Waals surface area contributed by atoms with Gasteiger partial charge in [-0.1, -0.05) is 30.3 Å². The molecule has 0 unspecified atom stereocenters. The van der Waals surface area contributed by atoms with E-state index in [1.54, 1.807) is 22.9 Å². The summed E-state index contributed by atoms with van der Waals surface area (Å²) in [6.45, 7) is 0.591. The van der Waals surface area contributed by atoms with Crippen molar-refractivity contribution in [3.8, 4) is 22.8 Å². The molecule has 0 fully saturated rings. The number of hydrogen-bond acceptors (Lipinski definition) is 5. The van der Waals surface area contributed by atoms with Crippen LogP contribution in [0.1, 0.15) is 11.1 Å². The average Bonchev–Trinajstić information content (AvgIpc) is 3.17. The highest BCUT2D eigenvalue weighted by Gasteiger charge is 2.08. The van der Waals surface area contributed by atoms with Crippen molar-refractivity contribution < 1.29 is 14.6 Å². The Labute approximate surface area is 182 Å². The second-order valence-electron chi connectivity index (χ2n) is 6.83. The monoisotopic (exact) mass is 433 g/mol. The molecule has 7 heteroatoms. The second-order valence-corrected chi connectivity index (χ2v) is 7.66. The first-order valence-electron chi connectivity index (χ1n) is 9.67. The summed E-state index contributed by atoms with van der Waals surface area (Å²) in [6, 6.07) is 20.6. The van der Waals surface area contributed by atoms with Crippen LogP contribution >= 0.6 is 11.3 Å². The normalized spacial score (nSPS) is 12.0. The lowest BCUT2D eigenvalue weighted by atomic mass is 10.2. The van der Waals surface area contributed by atoms with Gasteiger partial charge >= 0.3 is 0 Å². The lowest BCUT2D eigenvalue weighted by molar-refractivity contribution is 0.450. The Morgan fingerprint density at radius 2 is 1.74 bits per heavy atom. The van der Waals surface area contributed by atoms with Crippen LogP contribution in [0.5, 0.6) is 11.5 Å². The fourth-order valence-electron chi connectivity index (χ4n) is 3.02. The Balaban J connectivity index is 1.70. The predicted octanol–water partition coefficient (Wildman–Crippen LogP) is 4.79. The molecule has 5 nitrogen and oxygen atoms in total. The second kappa shape index (κ2) is 9.40. The van der Waals surface area contributed by atoms with Gasteiger partial charge in [-0.05, 0) is 48.4 Å². The van der Waals surface area contributed by atoms with Crippen molar-refractivity contribution in [2.75, 3.05) is 6.54 Å². The molecule has 0 atom stereocenters. The Morgan fingerprint density at radius 1 is 0.968 bits per heavy atom. The van der Waals surface area contributed by atoms with Crippen LogP contribution in [-0.2, 0) is 6.42 Å². The number of halogens is 1. The van der Waals surface area contributed by atoms with Crippen molar-refractivity contribution in [3.63, 3.8) is 0 Å². The van der Waals surface area contributed by atoms with Crippen LogP contribution in [0.2, 0.25) is 0 Å². The molecule has 0 amide bonds. The number of thiazole rings is 1. The summed E-state index contributed by atoms with van der Waals surface area (Å²) in [6.07, 6.45) is 2.30. The van der Waals surface area contributed by atoms with Gasteiger partial charge in [0.1, 0.15) is 17.3 Å². The molecule has 0 aliphatic rings. The smallest absolute Gasteiger partial charge is 0.206 e. The number of phenolic OH excluding ortho intramolecular Hbond substituents is 2. The minimum absolute atomic E-state index is 0.0264. The van der Waals surface area contributed by atoms with Gasteiger partial charge in [0.05, 0.1) is 11.9 Å². The molecule has 0 aliphatic carbocycles. The lowest BCUT2D eigenvalue weighted by Crippen LogP contribution is -2.13. The number of benzene rings is 3. The van der Waals surface area contributed by atoms with Gasteiger partial charge in [0.2, 0.25) is 4.80 Å². The molecular formula is C24H20FN3O2S. The molecule has 4 aromatic rings. The summed E-state index contributed by atoms with van der Waals surface area (Å²) in [4.78, 5) is 5.39. The summed E-state index contributed by atoms with van der Waals surface area (Å²) in [7, 11) is 0. The van der Waals surface area contributed by atoms with E-state index in [-0.39, 0.29) is 17.3 Å². The van der Waals surface area contributed by atoms with Crippen molar-refractivity contribution in [3.05, 3.63) is 99.9 Å². The summed E-state index contributed by atoms with van der Waals surface area (Å²) in [5, 5.41) is 26.0. The third-order valence-electron chi connectivity index (χ3n) is 4.64. The third kappa shape index (κ3) is 5.07. The van der Waals surface area contributed by atoms with Crippen LogP contribution in [0.3, 0.4) is 0 Å². The van der Waals surface area contributed by atoms with Gasteiger partial charge in [0.25, 0.3) is 0 Å². The molecule has 0 bridgehead atoms. The van der Waals surface area contributed by atoms with E-state index >= 15 is 0 Å². The van der Waals surface area contributed by atoms with Gasteiger partial charge in [-0.2, -0.15) is 5.10 Å². The Bertz CT molecular complexity index is 1260. The molecule has 0 spiro atoms. The molecule has 2 N–H and O–H groups in total. The SMILES string of the molecule is Oc1ccc(C=Nn2c(-c3ccc(F)cc3)csc2=NCCc2ccccc2)c(O)c1. The van der Waals surface area contributed by atoms with Gasteiger partial charge in [-0.25, -0.2) is 9.07 Å². The zero-order valence-corrected chi connectivity index (χ0v) is 17.3. The van der Waals surface area contributed by atoms with Crippen molar-refractivity contribution in [2.24, 2.45) is 10.1 Å². The largest absolute Gasteiger partial charge is 0.508 e. The molecule has 1 aromatic heterocycles. The van der Waals surface area contributed by atoms with E-state index in [0.717, 1.165) is 17.7 Å². The number of aromatic hydroxyl groups is 2. The topological polar surface area (TPSA) is 70.1 Å². The molecule has 0 saturated carbocycles. The summed E-state index contributed by atoms with van der Waals surface area (Å²) >= 11 is 1.44. The first kappa shape index (κ1) is 20.6. The van der Waals surface area contributed by atoms with Crippen molar-refractivity contribution in [2.45, 2.75) is 6.42 Å². The van der Waals surface area contributed by atoms with Gasteiger partial charge < -0.3 is 10.2 Å². The fraction of sp³-hybridized carbons (Fsp3) is 0.0833. The minimum atomic E-state index is -0.309. The van der Waals surface area contributed by atoms with E-state index in [4.69, 9.17) is 4.99 Å². The number of hydrogen-bond donors (Lipinski definition) is 2. The number of phenols is 2. The first-order valence-corrected chi connectivity index (χ1v) is 10.6. The summed E-state index contributed by atoms with van der Waals surface area (Å²) in [5.74, 6) is -0.414. The van der Waals surface area contributed by atoms with E-state index in [0.29, 0.717) is 16.9 Å². The molecule has 0 aliphatic heterocycles. The van der Waals surface area contributed by atoms with Gasteiger partial charge in [-0.3, -0.25) is 4.99 Å². The summed E-state index contributed by atoms with van der Waals surface area (Å²) < 4.78 is 15.1. The number of nitrogens with zero attached hydrogens (tertiary/aromatic N) is 3. The van der Waals surface area contributed by atoms with Crippen molar-refractivity contribution in [1.82, 2.24) is 4.68 Å². The number of rotatable bonds is 6. The Hall–Kier alpha value is -3.71. The highest BCUT2D eigenvalue weighted by Crippen LogP contribution is 2.23. The molecule has 156 valence electrons. The van der Waals surface area contributed by atoms with E-state index in [1.165, 1.54) is 47.4 Å². The van der Waals surface area contributed by atoms with Crippen molar-refractivity contribution in [1.29, 1.82) is 0 Å². The van der Waals surface area contributed by atoms with Crippen LogP contribution in [0.25, 0.3) is 11.3 Å². The molecule has 3 aromatic carbocycles. The molecular weight excluding hydrogens is 413 g/mol. The van der Waals surface area contributed by atoms with Crippen LogP contribution in [0, 0.1) is 5.82 Å². The molecule has 0 radical (unpaired) electrons. The minimum Gasteiger partial charge on any atom is -0.508 e. The fourth-order valence-corrected chi connectivity index (χ4v) is 3.89. The zero-order valence-electron chi connectivity index (χ0n) is 16.5. The maximum Gasteiger partial charge on any atom is 0.206 e. The molecule has 1 heterocycles. The van der Waals surface area contributed by atoms with Crippen LogP contribution in [-0.4, -0.2) is 27.6 Å². The predicted molar refractivity (Wildman–Crippen MR) is 121 cm³/mol. The highest BCUT2D eigenvalue weighted by molar-refractivity contribution is 7.07. The molecule has 31 heavy (non-hydrogen) atoms. The summed E-state index contributed by atoms with van der Waals surface area (Å²) in [5.41, 5.74) is 3.22. The lowest BCUT2D eigenvalue weighted by Gasteiger charge is -2.05. The van der Waals surface area contributed by atoms with Crippen LogP contribution in [0.15, 0.2) is 88.3 Å². The maximum absolute atomic E-state index is 13.4. The number of aromatic nitrogens is 1. The maximum atomic E-state index is 13.4. The molecule has 0 saturated heterocycles. The Kier molecular flexibility index (Phi) is 6.24. The Morgan fingerprint density at radius 3 is 2.48 bits per heavy atom. The van der Waals surface area contributed by atoms with Gasteiger partial charge in [0, 0.05) is 29.1 Å². The average molecular weight is 434 g/mol. The first-order chi connectivity index (χ1) is 15.1. The third-order valence-corrected chi connectivity index (χ3v) is 5.50. The highest BCUT2D eigenvalue weighted by atomic mass is 32.1. The van der Waals surface area contributed by atoms with Crippen LogP contribution < -0.4 is 4.80 Å². The van der Waals surface area contributed by atoms with Gasteiger partial charge in [0.15, 0.2) is 0 Å². The zero-order chi connectivity index (χ0) is 21.6. The standard InChI is InChI=1S/C24H20FN3O2S/c25-20-9-6-18(7-10-20)22-16-31-24(26-13-12-17-4-2-1-3-5-17)28(22)27-15-19-8-11-21(29)14-23(19)30/h1-11,14-16,29-30H,12-13H2. The van der Waals surface area contributed by atoms with E-state index in [1.807, 2.05) is 23.6 Å². The van der Waals surface area contributed by atoms with E-state index < -0.39 is 0 Å². The van der Waals surface area contributed by atoms with E-state index in [9.17, 15) is 14.6 Å². The van der Waals surface area contributed by atoms with E-state index in [2.05, 4.69) is 17.2 Å². The van der Waals surface area contributed by atoms with Gasteiger partial charge in [-0.15, -0.1) is 11.3 Å². The van der Waals surface area contributed by atoms with Crippen molar-refractivity contribution >= 4 is 17.6 Å². The quantitative estimate of drug-likeness (QED) is 0.429.